The molecule has 0 radical (unpaired) electrons. The van der Waals surface area contributed by atoms with Crippen LogP contribution in [0, 0.1) is 5.41 Å². The van der Waals surface area contributed by atoms with Crippen molar-refractivity contribution in [1.29, 1.82) is 0 Å². The van der Waals surface area contributed by atoms with E-state index in [9.17, 15) is 4.79 Å². The highest BCUT2D eigenvalue weighted by molar-refractivity contribution is 5.90. The van der Waals surface area contributed by atoms with Crippen molar-refractivity contribution in [1.82, 2.24) is 4.57 Å². The lowest BCUT2D eigenvalue weighted by atomic mass is 9.65. The zero-order valence-corrected chi connectivity index (χ0v) is 14.3. The lowest BCUT2D eigenvalue weighted by molar-refractivity contribution is 0.0624. The monoisotopic (exact) mass is 309 g/mol. The molecule has 1 fully saturated rings. The van der Waals surface area contributed by atoms with Gasteiger partial charge in [0.15, 0.2) is 0 Å². The molecule has 1 aromatic heterocycles. The SMILES string of the molecule is Cn1c(=O)c2c(c3ccccc31)O[C@@]1(C)CCCC(C)(C)C1=C2. The molecule has 2 aliphatic rings. The summed E-state index contributed by atoms with van der Waals surface area (Å²) in [6.45, 7) is 6.70. The Labute approximate surface area is 136 Å². The first-order chi connectivity index (χ1) is 10.8. The fraction of sp³-hybridized carbons (Fsp3) is 0.450. The Morgan fingerprint density at radius 3 is 2.65 bits per heavy atom. The molecule has 1 aliphatic heterocycles. The number of pyridine rings is 1. The average Bonchev–Trinajstić information content (AvgIpc) is 2.51. The first kappa shape index (κ1) is 14.6. The van der Waals surface area contributed by atoms with Crippen LogP contribution in [0.3, 0.4) is 0 Å². The fourth-order valence-corrected chi connectivity index (χ4v) is 4.40. The predicted molar refractivity (Wildman–Crippen MR) is 93.8 cm³/mol. The van der Waals surface area contributed by atoms with Crippen molar-refractivity contribution in [3.63, 3.8) is 0 Å². The van der Waals surface area contributed by atoms with Gasteiger partial charge in [0, 0.05) is 12.4 Å². The van der Waals surface area contributed by atoms with Gasteiger partial charge in [-0.3, -0.25) is 4.79 Å². The molecule has 1 atom stereocenters. The summed E-state index contributed by atoms with van der Waals surface area (Å²) in [6.07, 6.45) is 5.41. The molecule has 1 aliphatic carbocycles. The van der Waals surface area contributed by atoms with Gasteiger partial charge >= 0.3 is 0 Å². The van der Waals surface area contributed by atoms with E-state index in [0.717, 1.165) is 35.9 Å². The minimum absolute atomic E-state index is 0.0228. The van der Waals surface area contributed by atoms with Crippen molar-refractivity contribution in [2.75, 3.05) is 0 Å². The van der Waals surface area contributed by atoms with Crippen LogP contribution in [0.2, 0.25) is 0 Å². The number of aryl methyl sites for hydroxylation is 1. The molecule has 3 nitrogen and oxygen atoms in total. The first-order valence-electron chi connectivity index (χ1n) is 8.37. The fourth-order valence-electron chi connectivity index (χ4n) is 4.40. The summed E-state index contributed by atoms with van der Waals surface area (Å²) < 4.78 is 8.26. The van der Waals surface area contributed by atoms with E-state index in [1.807, 2.05) is 31.3 Å². The van der Waals surface area contributed by atoms with Gasteiger partial charge in [-0.1, -0.05) is 26.0 Å². The van der Waals surface area contributed by atoms with E-state index in [1.165, 1.54) is 5.57 Å². The number of nitrogens with zero attached hydrogens (tertiary/aromatic N) is 1. The Bertz CT molecular complexity index is 904. The Hall–Kier alpha value is -2.03. The smallest absolute Gasteiger partial charge is 0.261 e. The van der Waals surface area contributed by atoms with Gasteiger partial charge in [0.25, 0.3) is 5.56 Å². The number of hydrogen-bond acceptors (Lipinski definition) is 2. The van der Waals surface area contributed by atoms with Crippen molar-refractivity contribution in [3.05, 3.63) is 45.8 Å². The third kappa shape index (κ3) is 1.92. The van der Waals surface area contributed by atoms with Gasteiger partial charge in [0.05, 0.1) is 11.1 Å². The number of ether oxygens (including phenoxy) is 1. The van der Waals surface area contributed by atoms with Crippen LogP contribution in [0.25, 0.3) is 17.0 Å². The molecule has 0 bridgehead atoms. The van der Waals surface area contributed by atoms with Gasteiger partial charge in [-0.15, -0.1) is 0 Å². The molecule has 0 unspecified atom stereocenters. The minimum atomic E-state index is -0.302. The molecule has 0 N–H and O–H groups in total. The van der Waals surface area contributed by atoms with Crippen LogP contribution < -0.4 is 10.3 Å². The van der Waals surface area contributed by atoms with Crippen LogP contribution in [-0.4, -0.2) is 10.2 Å². The molecular formula is C20H23NO2. The summed E-state index contributed by atoms with van der Waals surface area (Å²) in [5, 5.41) is 1.02. The quantitative estimate of drug-likeness (QED) is 0.727. The topological polar surface area (TPSA) is 31.2 Å². The standard InChI is InChI=1S/C20H23NO2/c1-19(2)10-7-11-20(3)16(19)12-14-17(23-20)13-8-5-6-9-15(13)21(4)18(14)22/h5-6,8-9,12H,7,10-11H2,1-4H3/t20-/m0/s1. The van der Waals surface area contributed by atoms with Crippen LogP contribution in [-0.2, 0) is 7.05 Å². The van der Waals surface area contributed by atoms with E-state index in [0.29, 0.717) is 5.56 Å². The van der Waals surface area contributed by atoms with E-state index < -0.39 is 0 Å². The van der Waals surface area contributed by atoms with Crippen LogP contribution in [0.4, 0.5) is 0 Å². The second kappa shape index (κ2) is 4.50. The highest BCUT2D eigenvalue weighted by Crippen LogP contribution is 2.52. The molecule has 3 heteroatoms. The Morgan fingerprint density at radius 1 is 1.13 bits per heavy atom. The predicted octanol–water partition coefficient (Wildman–Crippen LogP) is 4.28. The van der Waals surface area contributed by atoms with Crippen LogP contribution in [0.1, 0.15) is 45.6 Å². The number of fused-ring (bicyclic) bond motifs is 4. The third-order valence-corrected chi connectivity index (χ3v) is 5.66. The molecular weight excluding hydrogens is 286 g/mol. The lowest BCUT2D eigenvalue weighted by Crippen LogP contribution is -2.46. The highest BCUT2D eigenvalue weighted by Gasteiger charge is 2.46. The summed E-state index contributed by atoms with van der Waals surface area (Å²) in [5.74, 6) is 0.757. The summed E-state index contributed by atoms with van der Waals surface area (Å²) in [5.41, 5.74) is 2.68. The summed E-state index contributed by atoms with van der Waals surface area (Å²) in [6, 6.07) is 7.99. The van der Waals surface area contributed by atoms with Gasteiger partial charge in [-0.25, -0.2) is 0 Å². The number of hydrogen-bond donors (Lipinski definition) is 0. The zero-order chi connectivity index (χ0) is 16.4. The minimum Gasteiger partial charge on any atom is -0.482 e. The number of aromatic nitrogens is 1. The Kier molecular flexibility index (Phi) is 2.85. The molecule has 1 aromatic carbocycles. The van der Waals surface area contributed by atoms with E-state index in [4.69, 9.17) is 4.74 Å². The van der Waals surface area contributed by atoms with Crippen molar-refractivity contribution in [2.24, 2.45) is 12.5 Å². The molecule has 0 saturated heterocycles. The van der Waals surface area contributed by atoms with E-state index in [-0.39, 0.29) is 16.6 Å². The van der Waals surface area contributed by atoms with Crippen molar-refractivity contribution in [2.45, 2.75) is 45.6 Å². The van der Waals surface area contributed by atoms with Gasteiger partial charge in [-0.2, -0.15) is 0 Å². The van der Waals surface area contributed by atoms with Crippen LogP contribution >= 0.6 is 0 Å². The molecule has 2 heterocycles. The summed E-state index contributed by atoms with van der Waals surface area (Å²) in [7, 11) is 1.84. The Morgan fingerprint density at radius 2 is 1.87 bits per heavy atom. The zero-order valence-electron chi connectivity index (χ0n) is 14.3. The summed E-state index contributed by atoms with van der Waals surface area (Å²) in [4.78, 5) is 12.9. The van der Waals surface area contributed by atoms with E-state index in [1.54, 1.807) is 4.57 Å². The van der Waals surface area contributed by atoms with Crippen molar-refractivity contribution >= 4 is 17.0 Å². The maximum absolute atomic E-state index is 12.9. The molecule has 4 rings (SSSR count). The normalized spacial score (nSPS) is 25.3. The maximum Gasteiger partial charge on any atom is 0.261 e. The molecule has 0 amide bonds. The number of benzene rings is 1. The summed E-state index contributed by atoms with van der Waals surface area (Å²) >= 11 is 0. The molecule has 0 spiro atoms. The van der Waals surface area contributed by atoms with Gasteiger partial charge in [-0.05, 0) is 55.4 Å². The van der Waals surface area contributed by atoms with E-state index in [2.05, 4.69) is 26.8 Å². The second-order valence-electron chi connectivity index (χ2n) is 7.75. The van der Waals surface area contributed by atoms with Gasteiger partial charge < -0.3 is 9.30 Å². The number of para-hydroxylation sites is 1. The molecule has 2 aromatic rings. The maximum atomic E-state index is 12.9. The average molecular weight is 309 g/mol. The molecule has 1 saturated carbocycles. The van der Waals surface area contributed by atoms with Crippen molar-refractivity contribution in [3.8, 4) is 5.75 Å². The molecule has 120 valence electrons. The second-order valence-corrected chi connectivity index (χ2v) is 7.75. The van der Waals surface area contributed by atoms with E-state index >= 15 is 0 Å². The highest BCUT2D eigenvalue weighted by atomic mass is 16.5. The number of rotatable bonds is 0. The third-order valence-electron chi connectivity index (χ3n) is 5.66. The van der Waals surface area contributed by atoms with Crippen molar-refractivity contribution < 1.29 is 4.74 Å². The van der Waals surface area contributed by atoms with Crippen LogP contribution in [0.15, 0.2) is 34.6 Å². The van der Waals surface area contributed by atoms with Crippen LogP contribution in [0.5, 0.6) is 5.75 Å². The van der Waals surface area contributed by atoms with Gasteiger partial charge in [0.1, 0.15) is 11.4 Å². The first-order valence-corrected chi connectivity index (χ1v) is 8.37. The lowest BCUT2D eigenvalue weighted by Gasteiger charge is -2.48. The molecule has 23 heavy (non-hydrogen) atoms. The van der Waals surface area contributed by atoms with Gasteiger partial charge in [0.2, 0.25) is 0 Å². The Balaban J connectivity index is 2.09. The largest absolute Gasteiger partial charge is 0.482 e.